The number of ether oxygens (including phenoxy) is 1. The van der Waals surface area contributed by atoms with Gasteiger partial charge in [0.1, 0.15) is 0 Å². The summed E-state index contributed by atoms with van der Waals surface area (Å²) >= 11 is 0. The van der Waals surface area contributed by atoms with Crippen LogP contribution in [0.15, 0.2) is 0 Å². The van der Waals surface area contributed by atoms with Crippen LogP contribution in [0.5, 0.6) is 0 Å². The van der Waals surface area contributed by atoms with Gasteiger partial charge >= 0.3 is 0 Å². The van der Waals surface area contributed by atoms with Crippen molar-refractivity contribution >= 4 is 5.91 Å². The molecular formula is C10H21NO2. The van der Waals surface area contributed by atoms with Gasteiger partial charge in [0.2, 0.25) is 5.91 Å². The molecule has 0 fully saturated rings. The summed E-state index contributed by atoms with van der Waals surface area (Å²) in [5, 5.41) is 2.85. The van der Waals surface area contributed by atoms with Crippen LogP contribution in [0.1, 0.15) is 33.1 Å². The first-order valence-corrected chi connectivity index (χ1v) is 4.92. The fourth-order valence-corrected chi connectivity index (χ4v) is 1.02. The number of carbonyl (C=O) groups excluding carboxylic acids is 1. The summed E-state index contributed by atoms with van der Waals surface area (Å²) in [5.41, 5.74) is 0. The lowest BCUT2D eigenvalue weighted by atomic mass is 10.1. The van der Waals surface area contributed by atoms with E-state index in [1.165, 1.54) is 6.42 Å². The average Bonchev–Trinajstić information content (AvgIpc) is 2.08. The molecule has 78 valence electrons. The average molecular weight is 187 g/mol. The van der Waals surface area contributed by atoms with E-state index >= 15 is 0 Å². The largest absolute Gasteiger partial charge is 0.384 e. The maximum Gasteiger partial charge on any atom is 0.222 e. The molecule has 0 bridgehead atoms. The van der Waals surface area contributed by atoms with E-state index < -0.39 is 0 Å². The van der Waals surface area contributed by atoms with E-state index in [1.807, 2.05) is 0 Å². The quantitative estimate of drug-likeness (QED) is 0.614. The van der Waals surface area contributed by atoms with Crippen molar-refractivity contribution in [2.45, 2.75) is 33.1 Å². The van der Waals surface area contributed by atoms with E-state index in [1.54, 1.807) is 7.11 Å². The monoisotopic (exact) mass is 187 g/mol. The van der Waals surface area contributed by atoms with Crippen LogP contribution >= 0.6 is 0 Å². The standard InChI is InChI=1S/C10H21NO2/c1-9(2)5-4-7-11-10(12)6-8-13-3/h9H,4-8H2,1-3H3,(H,11,12). The van der Waals surface area contributed by atoms with E-state index in [9.17, 15) is 4.79 Å². The van der Waals surface area contributed by atoms with Crippen molar-refractivity contribution in [1.29, 1.82) is 0 Å². The molecule has 0 spiro atoms. The third kappa shape index (κ3) is 9.34. The zero-order chi connectivity index (χ0) is 10.1. The normalized spacial score (nSPS) is 10.5. The second kappa shape index (κ2) is 8.05. The zero-order valence-electron chi connectivity index (χ0n) is 8.93. The van der Waals surface area contributed by atoms with Gasteiger partial charge < -0.3 is 10.1 Å². The van der Waals surface area contributed by atoms with Gasteiger partial charge in [-0.2, -0.15) is 0 Å². The van der Waals surface area contributed by atoms with Crippen LogP contribution in [0.2, 0.25) is 0 Å². The number of amides is 1. The molecule has 0 atom stereocenters. The Kier molecular flexibility index (Phi) is 7.69. The Labute approximate surface area is 80.8 Å². The smallest absolute Gasteiger partial charge is 0.222 e. The van der Waals surface area contributed by atoms with Crippen LogP contribution in [-0.2, 0) is 9.53 Å². The van der Waals surface area contributed by atoms with E-state index in [0.717, 1.165) is 18.9 Å². The summed E-state index contributed by atoms with van der Waals surface area (Å²) in [6, 6.07) is 0. The number of hydrogen-bond donors (Lipinski definition) is 1. The fraction of sp³-hybridized carbons (Fsp3) is 0.900. The summed E-state index contributed by atoms with van der Waals surface area (Å²) in [7, 11) is 1.60. The van der Waals surface area contributed by atoms with Crippen molar-refractivity contribution < 1.29 is 9.53 Å². The van der Waals surface area contributed by atoms with Gasteiger partial charge in [0, 0.05) is 20.1 Å². The molecule has 1 N–H and O–H groups in total. The molecule has 0 rings (SSSR count). The fourth-order valence-electron chi connectivity index (χ4n) is 1.02. The minimum atomic E-state index is 0.0885. The Morgan fingerprint density at radius 2 is 2.15 bits per heavy atom. The van der Waals surface area contributed by atoms with Crippen molar-refractivity contribution in [1.82, 2.24) is 5.32 Å². The van der Waals surface area contributed by atoms with Gasteiger partial charge in [-0.15, -0.1) is 0 Å². The van der Waals surface area contributed by atoms with Crippen LogP contribution < -0.4 is 5.32 Å². The van der Waals surface area contributed by atoms with E-state index in [2.05, 4.69) is 19.2 Å². The SMILES string of the molecule is COCCC(=O)NCCCC(C)C. The predicted molar refractivity (Wildman–Crippen MR) is 53.6 cm³/mol. The molecule has 0 aromatic rings. The minimum absolute atomic E-state index is 0.0885. The van der Waals surface area contributed by atoms with Crippen molar-refractivity contribution in [3.05, 3.63) is 0 Å². The third-order valence-electron chi connectivity index (χ3n) is 1.81. The van der Waals surface area contributed by atoms with Gasteiger partial charge in [-0.25, -0.2) is 0 Å². The highest BCUT2D eigenvalue weighted by atomic mass is 16.5. The van der Waals surface area contributed by atoms with Crippen molar-refractivity contribution in [2.24, 2.45) is 5.92 Å². The van der Waals surface area contributed by atoms with Crippen LogP contribution in [0.4, 0.5) is 0 Å². The maximum absolute atomic E-state index is 11.1. The molecular weight excluding hydrogens is 166 g/mol. The molecule has 0 saturated carbocycles. The molecule has 0 aliphatic heterocycles. The molecule has 0 radical (unpaired) electrons. The number of rotatable bonds is 7. The number of methoxy groups -OCH3 is 1. The highest BCUT2D eigenvalue weighted by molar-refractivity contribution is 5.75. The second-order valence-electron chi connectivity index (χ2n) is 3.63. The lowest BCUT2D eigenvalue weighted by Crippen LogP contribution is -2.25. The highest BCUT2D eigenvalue weighted by Gasteiger charge is 1.99. The summed E-state index contributed by atoms with van der Waals surface area (Å²) in [4.78, 5) is 11.1. The first-order valence-electron chi connectivity index (χ1n) is 4.92. The first-order chi connectivity index (χ1) is 6.16. The summed E-state index contributed by atoms with van der Waals surface area (Å²) in [6.07, 6.45) is 2.71. The predicted octanol–water partition coefficient (Wildman–Crippen LogP) is 1.58. The van der Waals surface area contributed by atoms with E-state index in [-0.39, 0.29) is 5.91 Å². The van der Waals surface area contributed by atoms with Crippen molar-refractivity contribution in [2.75, 3.05) is 20.3 Å². The Hall–Kier alpha value is -0.570. The Morgan fingerprint density at radius 3 is 2.69 bits per heavy atom. The number of nitrogens with one attached hydrogen (secondary N) is 1. The van der Waals surface area contributed by atoms with Crippen LogP contribution in [0, 0.1) is 5.92 Å². The molecule has 13 heavy (non-hydrogen) atoms. The first kappa shape index (κ1) is 12.4. The van der Waals surface area contributed by atoms with Gasteiger partial charge in [-0.05, 0) is 18.8 Å². The Morgan fingerprint density at radius 1 is 1.46 bits per heavy atom. The molecule has 3 nitrogen and oxygen atoms in total. The lowest BCUT2D eigenvalue weighted by molar-refractivity contribution is -0.121. The summed E-state index contributed by atoms with van der Waals surface area (Å²) in [5.74, 6) is 0.807. The third-order valence-corrected chi connectivity index (χ3v) is 1.81. The summed E-state index contributed by atoms with van der Waals surface area (Å²) < 4.78 is 4.80. The molecule has 0 unspecified atom stereocenters. The molecule has 0 saturated heterocycles. The second-order valence-corrected chi connectivity index (χ2v) is 3.63. The van der Waals surface area contributed by atoms with Crippen LogP contribution in [0.3, 0.4) is 0 Å². The Bertz CT molecular complexity index is 135. The van der Waals surface area contributed by atoms with Crippen molar-refractivity contribution in [3.8, 4) is 0 Å². The minimum Gasteiger partial charge on any atom is -0.384 e. The van der Waals surface area contributed by atoms with Crippen molar-refractivity contribution in [3.63, 3.8) is 0 Å². The number of hydrogen-bond acceptors (Lipinski definition) is 2. The van der Waals surface area contributed by atoms with Gasteiger partial charge in [0.15, 0.2) is 0 Å². The zero-order valence-corrected chi connectivity index (χ0v) is 8.93. The molecule has 0 aromatic carbocycles. The molecule has 3 heteroatoms. The van der Waals surface area contributed by atoms with Gasteiger partial charge in [-0.1, -0.05) is 13.8 Å². The highest BCUT2D eigenvalue weighted by Crippen LogP contribution is 2.01. The summed E-state index contributed by atoms with van der Waals surface area (Å²) in [6.45, 7) is 5.68. The van der Waals surface area contributed by atoms with Crippen LogP contribution in [-0.4, -0.2) is 26.2 Å². The maximum atomic E-state index is 11.1. The Balaban J connectivity index is 3.17. The molecule has 0 heterocycles. The number of carbonyl (C=O) groups is 1. The van der Waals surface area contributed by atoms with Gasteiger partial charge in [0.25, 0.3) is 0 Å². The van der Waals surface area contributed by atoms with E-state index in [4.69, 9.17) is 4.74 Å². The molecule has 1 amide bonds. The molecule has 0 aliphatic carbocycles. The van der Waals surface area contributed by atoms with E-state index in [0.29, 0.717) is 13.0 Å². The van der Waals surface area contributed by atoms with Gasteiger partial charge in [0.05, 0.1) is 6.61 Å². The topological polar surface area (TPSA) is 38.3 Å². The molecule has 0 aromatic heterocycles. The lowest BCUT2D eigenvalue weighted by Gasteiger charge is -2.06. The van der Waals surface area contributed by atoms with Gasteiger partial charge in [-0.3, -0.25) is 4.79 Å². The van der Waals surface area contributed by atoms with Crippen LogP contribution in [0.25, 0.3) is 0 Å². The molecule has 0 aliphatic rings.